The summed E-state index contributed by atoms with van der Waals surface area (Å²) in [7, 11) is -0.628. The van der Waals surface area contributed by atoms with Crippen LogP contribution in [0.2, 0.25) is 0 Å². The lowest BCUT2D eigenvalue weighted by atomic mass is 10.1. The summed E-state index contributed by atoms with van der Waals surface area (Å²) in [5.41, 5.74) is 4.28. The normalized spacial score (nSPS) is 17.3. The van der Waals surface area contributed by atoms with Crippen LogP contribution in [0, 0.1) is 0 Å². The molecule has 0 radical (unpaired) electrons. The van der Waals surface area contributed by atoms with Gasteiger partial charge in [-0.05, 0) is 11.1 Å². The molecule has 0 aliphatic carbocycles. The molecule has 0 unspecified atom stereocenters. The number of nitrogens with zero attached hydrogens (tertiary/aromatic N) is 1. The molecule has 2 rings (SSSR count). The summed E-state index contributed by atoms with van der Waals surface area (Å²) in [5, 5.41) is 0. The van der Waals surface area contributed by atoms with Gasteiger partial charge in [-0.2, -0.15) is 0 Å². The highest BCUT2D eigenvalue weighted by Crippen LogP contribution is 2.10. The van der Waals surface area contributed by atoms with Crippen molar-refractivity contribution in [2.45, 2.75) is 13.0 Å². The van der Waals surface area contributed by atoms with Gasteiger partial charge in [-0.15, -0.1) is 0 Å². The number of hydrazine groups is 1. The number of nitrogens with one attached hydrogen (secondary N) is 1. The van der Waals surface area contributed by atoms with Gasteiger partial charge in [0, 0.05) is 41.9 Å². The van der Waals surface area contributed by atoms with E-state index >= 15 is 0 Å². The van der Waals surface area contributed by atoms with Crippen molar-refractivity contribution in [3.8, 4) is 0 Å². The third kappa shape index (κ3) is 4.41. The number of carbonyl (C=O) groups excluding carboxylic acids is 1. The second kappa shape index (κ2) is 6.79. The summed E-state index contributed by atoms with van der Waals surface area (Å²) in [6, 6.07) is 7.97. The first-order chi connectivity index (χ1) is 9.17. The first-order valence-electron chi connectivity index (χ1n) is 6.32. The summed E-state index contributed by atoms with van der Waals surface area (Å²) in [4.78, 5) is 13.4. The lowest BCUT2D eigenvalue weighted by Gasteiger charge is -2.26. The average molecular weight is 281 g/mol. The van der Waals surface area contributed by atoms with Crippen molar-refractivity contribution in [3.63, 3.8) is 0 Å². The van der Waals surface area contributed by atoms with Crippen LogP contribution in [0.1, 0.15) is 11.1 Å². The van der Waals surface area contributed by atoms with E-state index in [1.807, 2.05) is 24.3 Å². The molecule has 6 heteroatoms. The van der Waals surface area contributed by atoms with Gasteiger partial charge >= 0.3 is 0 Å². The topological polar surface area (TPSA) is 75.4 Å². The van der Waals surface area contributed by atoms with Crippen molar-refractivity contribution >= 4 is 16.7 Å². The zero-order valence-corrected chi connectivity index (χ0v) is 11.6. The minimum absolute atomic E-state index is 0.189. The predicted octanol–water partition coefficient (Wildman–Crippen LogP) is -0.217. The first-order valence-corrected chi connectivity index (χ1v) is 7.81. The quantitative estimate of drug-likeness (QED) is 0.455. The standard InChI is InChI=1S/C13H19N3O2S/c14-15-13(17)9-11-1-3-12(4-2-11)10-16-5-7-19(18)8-6-16/h1-4H,5-10,14H2,(H,15,17). The lowest BCUT2D eigenvalue weighted by molar-refractivity contribution is -0.120. The molecule has 0 spiro atoms. The Bertz CT molecular complexity index is 451. The summed E-state index contributed by atoms with van der Waals surface area (Å²) in [6.07, 6.45) is 0.305. The van der Waals surface area contributed by atoms with Gasteiger partial charge in [0.15, 0.2) is 0 Å². The number of benzene rings is 1. The third-order valence-electron chi connectivity index (χ3n) is 3.23. The fraction of sp³-hybridized carbons (Fsp3) is 0.462. The molecule has 1 aliphatic rings. The minimum atomic E-state index is -0.628. The molecule has 1 aromatic carbocycles. The van der Waals surface area contributed by atoms with Crippen molar-refractivity contribution < 1.29 is 9.00 Å². The Kier molecular flexibility index (Phi) is 5.07. The summed E-state index contributed by atoms with van der Waals surface area (Å²) in [5.74, 6) is 6.41. The maximum absolute atomic E-state index is 11.3. The highest BCUT2D eigenvalue weighted by atomic mass is 32.2. The van der Waals surface area contributed by atoms with Crippen molar-refractivity contribution in [1.82, 2.24) is 10.3 Å². The molecule has 0 saturated carbocycles. The zero-order chi connectivity index (χ0) is 13.7. The van der Waals surface area contributed by atoms with Gasteiger partial charge in [0.05, 0.1) is 6.42 Å². The van der Waals surface area contributed by atoms with Crippen LogP contribution in [0.15, 0.2) is 24.3 Å². The Morgan fingerprint density at radius 1 is 1.21 bits per heavy atom. The van der Waals surface area contributed by atoms with Gasteiger partial charge in [0.2, 0.25) is 5.91 Å². The largest absolute Gasteiger partial charge is 0.297 e. The number of hydrogen-bond donors (Lipinski definition) is 2. The van der Waals surface area contributed by atoms with Gasteiger partial charge in [-0.1, -0.05) is 24.3 Å². The van der Waals surface area contributed by atoms with E-state index in [1.165, 1.54) is 5.56 Å². The molecule has 1 heterocycles. The molecule has 1 saturated heterocycles. The van der Waals surface area contributed by atoms with Gasteiger partial charge in [0.1, 0.15) is 0 Å². The van der Waals surface area contributed by atoms with Crippen molar-refractivity contribution in [2.24, 2.45) is 5.84 Å². The second-order valence-corrected chi connectivity index (χ2v) is 6.38. The van der Waals surface area contributed by atoms with Crippen LogP contribution in [0.4, 0.5) is 0 Å². The van der Waals surface area contributed by atoms with Gasteiger partial charge in [0.25, 0.3) is 0 Å². The molecule has 104 valence electrons. The number of hydrogen-bond acceptors (Lipinski definition) is 4. The van der Waals surface area contributed by atoms with E-state index in [0.29, 0.717) is 6.42 Å². The van der Waals surface area contributed by atoms with E-state index < -0.39 is 10.8 Å². The molecule has 1 fully saturated rings. The number of rotatable bonds is 4. The van der Waals surface area contributed by atoms with Crippen LogP contribution in [-0.4, -0.2) is 39.6 Å². The van der Waals surface area contributed by atoms with Crippen molar-refractivity contribution in [2.75, 3.05) is 24.6 Å². The van der Waals surface area contributed by atoms with Crippen LogP contribution in [0.5, 0.6) is 0 Å². The number of carbonyl (C=O) groups is 1. The fourth-order valence-electron chi connectivity index (χ4n) is 2.09. The monoisotopic (exact) mass is 281 g/mol. The minimum Gasteiger partial charge on any atom is -0.297 e. The highest BCUT2D eigenvalue weighted by Gasteiger charge is 2.14. The van der Waals surface area contributed by atoms with Gasteiger partial charge < -0.3 is 0 Å². The molecule has 0 aromatic heterocycles. The molecule has 3 N–H and O–H groups in total. The molecule has 1 aliphatic heterocycles. The summed E-state index contributed by atoms with van der Waals surface area (Å²) >= 11 is 0. The Hall–Kier alpha value is -1.24. The van der Waals surface area contributed by atoms with Crippen LogP contribution in [0.25, 0.3) is 0 Å². The zero-order valence-electron chi connectivity index (χ0n) is 10.8. The third-order valence-corrected chi connectivity index (χ3v) is 4.50. The van der Waals surface area contributed by atoms with Crippen LogP contribution >= 0.6 is 0 Å². The Labute approximate surface area is 115 Å². The fourth-order valence-corrected chi connectivity index (χ4v) is 3.22. The molecular formula is C13H19N3O2S. The van der Waals surface area contributed by atoms with Crippen molar-refractivity contribution in [1.29, 1.82) is 0 Å². The Morgan fingerprint density at radius 3 is 2.37 bits per heavy atom. The van der Waals surface area contributed by atoms with Gasteiger partial charge in [-0.3, -0.25) is 19.3 Å². The molecule has 1 amide bonds. The highest BCUT2D eigenvalue weighted by molar-refractivity contribution is 7.85. The van der Waals surface area contributed by atoms with E-state index in [4.69, 9.17) is 5.84 Å². The molecule has 0 bridgehead atoms. The van der Waals surface area contributed by atoms with Crippen molar-refractivity contribution in [3.05, 3.63) is 35.4 Å². The second-order valence-electron chi connectivity index (χ2n) is 4.69. The summed E-state index contributed by atoms with van der Waals surface area (Å²) < 4.78 is 11.3. The Balaban J connectivity index is 1.88. The maximum Gasteiger partial charge on any atom is 0.238 e. The first kappa shape index (κ1) is 14.2. The molecule has 5 nitrogen and oxygen atoms in total. The van der Waals surface area contributed by atoms with E-state index in [2.05, 4.69) is 10.3 Å². The molecule has 0 atom stereocenters. The van der Waals surface area contributed by atoms with E-state index in [1.54, 1.807) is 0 Å². The number of nitrogens with two attached hydrogens (primary N) is 1. The Morgan fingerprint density at radius 2 is 1.79 bits per heavy atom. The van der Waals surface area contributed by atoms with E-state index in [9.17, 15) is 9.00 Å². The smallest absolute Gasteiger partial charge is 0.238 e. The maximum atomic E-state index is 11.3. The van der Waals surface area contributed by atoms with Gasteiger partial charge in [-0.25, -0.2) is 5.84 Å². The van der Waals surface area contributed by atoms with Crippen LogP contribution in [0.3, 0.4) is 0 Å². The van der Waals surface area contributed by atoms with Crippen LogP contribution in [-0.2, 0) is 28.6 Å². The SMILES string of the molecule is NNC(=O)Cc1ccc(CN2CCS(=O)CC2)cc1. The summed E-state index contributed by atoms with van der Waals surface area (Å²) in [6.45, 7) is 2.66. The van der Waals surface area contributed by atoms with Crippen LogP contribution < -0.4 is 11.3 Å². The molecule has 19 heavy (non-hydrogen) atoms. The number of amides is 1. The molecular weight excluding hydrogens is 262 g/mol. The van der Waals surface area contributed by atoms with E-state index in [-0.39, 0.29) is 5.91 Å². The predicted molar refractivity (Wildman–Crippen MR) is 75.6 cm³/mol. The van der Waals surface area contributed by atoms with E-state index in [0.717, 1.165) is 36.7 Å². The average Bonchev–Trinajstić information content (AvgIpc) is 2.43. The lowest BCUT2D eigenvalue weighted by Crippen LogP contribution is -2.37. The molecule has 1 aromatic rings.